The monoisotopic (exact) mass is 473 g/mol. The van der Waals surface area contributed by atoms with Gasteiger partial charge in [-0.25, -0.2) is 0 Å². The molecule has 2 aliphatic heterocycles. The predicted molar refractivity (Wildman–Crippen MR) is 120 cm³/mol. The molecule has 2 aliphatic rings. The maximum Gasteiger partial charge on any atom is 0.277 e. The number of amides is 1. The van der Waals surface area contributed by atoms with Crippen LogP contribution in [0.5, 0.6) is 17.2 Å². The molecule has 3 aromatic carbocycles. The van der Waals surface area contributed by atoms with Crippen molar-refractivity contribution in [3.8, 4) is 28.5 Å². The van der Waals surface area contributed by atoms with Crippen molar-refractivity contribution < 1.29 is 14.3 Å². The van der Waals surface area contributed by atoms with Gasteiger partial charge in [-0.15, -0.1) is 0 Å². The van der Waals surface area contributed by atoms with E-state index in [0.29, 0.717) is 28.6 Å². The Labute approximate surface area is 186 Å². The first kappa shape index (κ1) is 18.2. The lowest BCUT2D eigenvalue weighted by Gasteiger charge is -2.29. The molecule has 1 aromatic heterocycles. The number of ether oxygens (including phenoxy) is 2. The van der Waals surface area contributed by atoms with Crippen LogP contribution < -0.4 is 14.4 Å². The van der Waals surface area contributed by atoms with Gasteiger partial charge >= 0.3 is 0 Å². The van der Waals surface area contributed by atoms with Gasteiger partial charge in [0.15, 0.2) is 0 Å². The van der Waals surface area contributed by atoms with Crippen molar-refractivity contribution >= 4 is 27.5 Å². The van der Waals surface area contributed by atoms with E-state index in [9.17, 15) is 4.79 Å². The highest BCUT2D eigenvalue weighted by Gasteiger charge is 2.45. The molecule has 0 aliphatic carbocycles. The van der Waals surface area contributed by atoms with Crippen molar-refractivity contribution in [1.29, 1.82) is 0 Å². The Balaban J connectivity index is 1.65. The number of nitrogens with zero attached hydrogens (tertiary/aromatic N) is 2. The molecule has 0 radical (unpaired) electrons. The topological polar surface area (TPSA) is 67.5 Å². The number of aromatic nitrogens is 2. The van der Waals surface area contributed by atoms with E-state index < -0.39 is 0 Å². The maximum atomic E-state index is 13.5. The number of benzene rings is 3. The number of carbonyl (C=O) groups excluding carboxylic acids is 1. The van der Waals surface area contributed by atoms with Crippen molar-refractivity contribution in [2.45, 2.75) is 6.04 Å². The summed E-state index contributed by atoms with van der Waals surface area (Å²) in [4.78, 5) is 15.3. The van der Waals surface area contributed by atoms with E-state index in [1.54, 1.807) is 12.0 Å². The fraction of sp³-hybridized carbons (Fsp3) is 0.0833. The molecule has 0 bridgehead atoms. The summed E-state index contributed by atoms with van der Waals surface area (Å²) >= 11 is 3.47. The number of halogens is 1. The zero-order chi connectivity index (χ0) is 21.1. The standard InChI is InChI=1S/C24H16BrN3O3/c1-30-15-10-11-16-19(12-15)31-18-5-3-2-4-17(18)23-20-21(16)26-27-22(20)24(29)28(23)14-8-6-13(25)7-9-14/h2-12,23H,1H3,(H,26,27). The molecule has 31 heavy (non-hydrogen) atoms. The van der Waals surface area contributed by atoms with Crippen LogP contribution >= 0.6 is 15.9 Å². The molecule has 6 nitrogen and oxygen atoms in total. The average Bonchev–Trinajstić information content (AvgIpc) is 3.32. The minimum absolute atomic E-state index is 0.118. The quantitative estimate of drug-likeness (QED) is 0.405. The number of hydrogen-bond acceptors (Lipinski definition) is 4. The summed E-state index contributed by atoms with van der Waals surface area (Å²) in [7, 11) is 1.62. The molecular formula is C24H16BrN3O3. The Kier molecular flexibility index (Phi) is 3.94. The van der Waals surface area contributed by atoms with Crippen molar-refractivity contribution in [1.82, 2.24) is 10.2 Å². The normalized spacial score (nSPS) is 16.0. The van der Waals surface area contributed by atoms with Gasteiger partial charge in [0, 0.05) is 32.9 Å². The molecule has 1 amide bonds. The van der Waals surface area contributed by atoms with Gasteiger partial charge in [-0.05, 0) is 42.5 Å². The first-order chi connectivity index (χ1) is 15.2. The van der Waals surface area contributed by atoms with Crippen molar-refractivity contribution in [2.75, 3.05) is 12.0 Å². The number of carbonyl (C=O) groups is 1. The zero-order valence-electron chi connectivity index (χ0n) is 16.4. The van der Waals surface area contributed by atoms with E-state index >= 15 is 0 Å². The van der Waals surface area contributed by atoms with Gasteiger partial charge in [0.1, 0.15) is 28.6 Å². The van der Waals surface area contributed by atoms with Gasteiger partial charge in [0.25, 0.3) is 5.91 Å². The van der Waals surface area contributed by atoms with Crippen molar-refractivity contribution in [3.05, 3.63) is 88.0 Å². The molecular weight excluding hydrogens is 458 g/mol. The lowest BCUT2D eigenvalue weighted by Crippen LogP contribution is -2.29. The summed E-state index contributed by atoms with van der Waals surface area (Å²) in [5.41, 5.74) is 4.58. The lowest BCUT2D eigenvalue weighted by atomic mass is 9.93. The van der Waals surface area contributed by atoms with Crippen LogP contribution in [0.1, 0.15) is 27.7 Å². The summed E-state index contributed by atoms with van der Waals surface area (Å²) < 4.78 is 12.7. The molecule has 6 rings (SSSR count). The average molecular weight is 474 g/mol. The molecule has 7 heteroatoms. The van der Waals surface area contributed by atoms with Crippen LogP contribution in [0.2, 0.25) is 0 Å². The minimum atomic E-state index is -0.358. The largest absolute Gasteiger partial charge is 0.497 e. The van der Waals surface area contributed by atoms with Gasteiger partial charge in [0.05, 0.1) is 13.2 Å². The first-order valence-electron chi connectivity index (χ1n) is 9.78. The van der Waals surface area contributed by atoms with Gasteiger partial charge in [-0.2, -0.15) is 5.10 Å². The number of fused-ring (bicyclic) bond motifs is 4. The second-order valence-electron chi connectivity index (χ2n) is 7.42. The summed E-state index contributed by atoms with van der Waals surface area (Å²) in [5, 5.41) is 7.51. The summed E-state index contributed by atoms with van der Waals surface area (Å²) in [5.74, 6) is 1.90. The highest BCUT2D eigenvalue weighted by molar-refractivity contribution is 9.10. The fourth-order valence-corrected chi connectivity index (χ4v) is 4.61. The summed E-state index contributed by atoms with van der Waals surface area (Å²) in [6.07, 6.45) is 0. The summed E-state index contributed by atoms with van der Waals surface area (Å²) in [6.45, 7) is 0. The number of H-pyrrole nitrogens is 1. The number of para-hydroxylation sites is 1. The van der Waals surface area contributed by atoms with Gasteiger partial charge < -0.3 is 9.47 Å². The Hall–Kier alpha value is -3.58. The van der Waals surface area contributed by atoms with Crippen LogP contribution in [0.15, 0.2) is 71.2 Å². The number of anilines is 1. The van der Waals surface area contributed by atoms with Crippen LogP contribution in [0.3, 0.4) is 0 Å². The second kappa shape index (κ2) is 6.72. The third-order valence-electron chi connectivity index (χ3n) is 5.75. The molecule has 0 saturated carbocycles. The van der Waals surface area contributed by atoms with E-state index in [0.717, 1.165) is 26.9 Å². The summed E-state index contributed by atoms with van der Waals surface area (Å²) in [6, 6.07) is 20.8. The smallest absolute Gasteiger partial charge is 0.277 e. The molecule has 0 spiro atoms. The number of hydrogen-bond donors (Lipinski definition) is 1. The van der Waals surface area contributed by atoms with Crippen LogP contribution in [0.25, 0.3) is 11.3 Å². The fourth-order valence-electron chi connectivity index (χ4n) is 4.34. The Morgan fingerprint density at radius 3 is 2.68 bits per heavy atom. The highest BCUT2D eigenvalue weighted by Crippen LogP contribution is 2.51. The Morgan fingerprint density at radius 1 is 1.06 bits per heavy atom. The third-order valence-corrected chi connectivity index (χ3v) is 6.28. The molecule has 0 saturated heterocycles. The van der Waals surface area contributed by atoms with E-state index in [-0.39, 0.29) is 11.9 Å². The van der Waals surface area contributed by atoms with Crippen molar-refractivity contribution in [3.63, 3.8) is 0 Å². The van der Waals surface area contributed by atoms with Crippen LogP contribution in [0, 0.1) is 0 Å². The predicted octanol–water partition coefficient (Wildman–Crippen LogP) is 5.70. The number of aromatic amines is 1. The van der Waals surface area contributed by atoms with Gasteiger partial charge in [0.2, 0.25) is 0 Å². The minimum Gasteiger partial charge on any atom is -0.497 e. The van der Waals surface area contributed by atoms with Crippen molar-refractivity contribution in [2.24, 2.45) is 0 Å². The van der Waals surface area contributed by atoms with E-state index in [4.69, 9.17) is 9.47 Å². The SMILES string of the molecule is COc1ccc2c(c1)Oc1ccccc1C1c3c-2n[nH]c3C(=O)N1c1ccc(Br)cc1. The van der Waals surface area contributed by atoms with Gasteiger partial charge in [-0.3, -0.25) is 14.8 Å². The molecule has 152 valence electrons. The first-order valence-corrected chi connectivity index (χ1v) is 10.6. The maximum absolute atomic E-state index is 13.5. The van der Waals surface area contributed by atoms with E-state index in [1.807, 2.05) is 66.7 Å². The molecule has 4 aromatic rings. The van der Waals surface area contributed by atoms with Crippen LogP contribution in [-0.2, 0) is 0 Å². The second-order valence-corrected chi connectivity index (χ2v) is 8.33. The van der Waals surface area contributed by atoms with Crippen LogP contribution in [-0.4, -0.2) is 23.2 Å². The molecule has 1 unspecified atom stereocenters. The Morgan fingerprint density at radius 2 is 1.87 bits per heavy atom. The number of rotatable bonds is 2. The third kappa shape index (κ3) is 2.63. The molecule has 1 atom stereocenters. The molecule has 1 N–H and O–H groups in total. The lowest BCUT2D eigenvalue weighted by molar-refractivity contribution is 0.0988. The number of nitrogens with one attached hydrogen (secondary N) is 1. The zero-order valence-corrected chi connectivity index (χ0v) is 18.0. The molecule has 3 heterocycles. The van der Waals surface area contributed by atoms with Crippen LogP contribution in [0.4, 0.5) is 5.69 Å². The molecule has 0 fully saturated rings. The highest BCUT2D eigenvalue weighted by atomic mass is 79.9. The Bertz CT molecular complexity index is 1350. The van der Waals surface area contributed by atoms with Gasteiger partial charge in [-0.1, -0.05) is 34.1 Å². The number of methoxy groups -OCH3 is 1. The van der Waals surface area contributed by atoms with E-state index in [2.05, 4.69) is 26.1 Å². The van der Waals surface area contributed by atoms with E-state index in [1.165, 1.54) is 0 Å².